The van der Waals surface area contributed by atoms with E-state index in [0.29, 0.717) is 29.3 Å². The summed E-state index contributed by atoms with van der Waals surface area (Å²) in [6.45, 7) is 6.04. The monoisotopic (exact) mass is 373 g/mol. The number of primary amides is 2. The molecule has 1 aromatic heterocycles. The van der Waals surface area contributed by atoms with E-state index in [0.717, 1.165) is 10.7 Å². The zero-order chi connectivity index (χ0) is 19.1. The Kier molecular flexibility index (Phi) is 4.62. The Hall–Kier alpha value is -2.61. The zero-order valence-corrected chi connectivity index (χ0v) is 15.8. The van der Waals surface area contributed by atoms with Crippen molar-refractivity contribution in [2.24, 2.45) is 23.3 Å². The van der Waals surface area contributed by atoms with Crippen molar-refractivity contribution in [3.05, 3.63) is 35.5 Å². The largest absolute Gasteiger partial charge is 0.371 e. The third-order valence-corrected chi connectivity index (χ3v) is 5.59. The van der Waals surface area contributed by atoms with Crippen LogP contribution in [0.5, 0.6) is 0 Å². The van der Waals surface area contributed by atoms with Crippen LogP contribution in [0.1, 0.15) is 36.3 Å². The van der Waals surface area contributed by atoms with Gasteiger partial charge in [-0.25, -0.2) is 0 Å². The summed E-state index contributed by atoms with van der Waals surface area (Å²) in [6.07, 6.45) is 0.703. The topological polar surface area (TPSA) is 123 Å². The molecule has 2 atom stereocenters. The van der Waals surface area contributed by atoms with Crippen LogP contribution in [0, 0.1) is 18.8 Å². The Labute approximate surface area is 156 Å². The van der Waals surface area contributed by atoms with E-state index < -0.39 is 11.4 Å². The molecule has 138 valence electrons. The van der Waals surface area contributed by atoms with Crippen LogP contribution in [-0.4, -0.2) is 21.7 Å². The molecule has 6 N–H and O–H groups in total. The van der Waals surface area contributed by atoms with Gasteiger partial charge in [0.15, 0.2) is 0 Å². The van der Waals surface area contributed by atoms with Gasteiger partial charge in [-0.15, -0.1) is 0 Å². The maximum atomic E-state index is 12.0. The van der Waals surface area contributed by atoms with Crippen molar-refractivity contribution in [3.8, 4) is 0 Å². The van der Waals surface area contributed by atoms with E-state index in [1.165, 1.54) is 11.5 Å². The molecule has 1 aliphatic rings. The Morgan fingerprint density at radius 1 is 1.31 bits per heavy atom. The number of carbonyl (C=O) groups excluding carboxylic acids is 2. The molecule has 3 rings (SSSR count). The van der Waals surface area contributed by atoms with Crippen molar-refractivity contribution < 1.29 is 9.59 Å². The van der Waals surface area contributed by atoms with E-state index in [4.69, 9.17) is 11.5 Å². The molecule has 0 bridgehead atoms. The molecule has 1 fully saturated rings. The summed E-state index contributed by atoms with van der Waals surface area (Å²) in [5, 5.41) is 7.27. The molecule has 1 heterocycles. The van der Waals surface area contributed by atoms with Gasteiger partial charge in [-0.1, -0.05) is 13.8 Å². The highest BCUT2D eigenvalue weighted by molar-refractivity contribution is 7.10. The molecule has 1 aromatic carbocycles. The van der Waals surface area contributed by atoms with Gasteiger partial charge < -0.3 is 22.1 Å². The third kappa shape index (κ3) is 3.37. The number of aryl methyl sites for hydroxylation is 1. The first-order valence-corrected chi connectivity index (χ1v) is 9.22. The highest BCUT2D eigenvalue weighted by Gasteiger charge is 2.60. The van der Waals surface area contributed by atoms with Gasteiger partial charge in [0.2, 0.25) is 5.91 Å². The zero-order valence-electron chi connectivity index (χ0n) is 15.0. The predicted molar refractivity (Wildman–Crippen MR) is 104 cm³/mol. The lowest BCUT2D eigenvalue weighted by Gasteiger charge is -2.20. The summed E-state index contributed by atoms with van der Waals surface area (Å²) in [5.74, 6) is -0.354. The fraction of sp³-hybridized carbons (Fsp3) is 0.389. The van der Waals surface area contributed by atoms with Gasteiger partial charge in [-0.2, -0.15) is 4.37 Å². The third-order valence-electron chi connectivity index (χ3n) is 4.80. The molecule has 0 unspecified atom stereocenters. The predicted octanol–water partition coefficient (Wildman–Crippen LogP) is 2.61. The first kappa shape index (κ1) is 18.2. The van der Waals surface area contributed by atoms with Gasteiger partial charge in [0.25, 0.3) is 5.91 Å². The Bertz CT molecular complexity index is 863. The number of nitrogens with one attached hydrogen (secondary N) is 2. The van der Waals surface area contributed by atoms with Gasteiger partial charge in [0, 0.05) is 5.69 Å². The van der Waals surface area contributed by atoms with Gasteiger partial charge in [-0.05, 0) is 61.0 Å². The first-order chi connectivity index (χ1) is 12.2. The number of aromatic nitrogens is 1. The van der Waals surface area contributed by atoms with Crippen LogP contribution in [0.15, 0.2) is 24.3 Å². The number of amides is 2. The fourth-order valence-electron chi connectivity index (χ4n) is 3.33. The quantitative estimate of drug-likeness (QED) is 0.594. The second kappa shape index (κ2) is 6.60. The van der Waals surface area contributed by atoms with Crippen molar-refractivity contribution in [2.75, 3.05) is 10.6 Å². The molecule has 2 aromatic rings. The van der Waals surface area contributed by atoms with E-state index in [1.54, 1.807) is 18.2 Å². The lowest BCUT2D eigenvalue weighted by Crippen LogP contribution is -2.40. The highest BCUT2D eigenvalue weighted by Crippen LogP contribution is 2.50. The molecule has 0 spiro atoms. The smallest absolute Gasteiger partial charge is 0.250 e. The molecule has 8 heteroatoms. The van der Waals surface area contributed by atoms with E-state index in [1.807, 2.05) is 13.0 Å². The minimum atomic E-state index is -0.735. The minimum absolute atomic E-state index is 0.191. The maximum Gasteiger partial charge on any atom is 0.250 e. The molecule has 2 amide bonds. The first-order valence-electron chi connectivity index (χ1n) is 8.45. The van der Waals surface area contributed by atoms with Gasteiger partial charge in [0.1, 0.15) is 10.5 Å². The van der Waals surface area contributed by atoms with Crippen molar-refractivity contribution in [3.63, 3.8) is 0 Å². The van der Waals surface area contributed by atoms with Crippen molar-refractivity contribution in [1.82, 2.24) is 4.37 Å². The van der Waals surface area contributed by atoms with Crippen LogP contribution in [0.2, 0.25) is 0 Å². The number of carbonyl (C=O) groups is 2. The molecule has 1 saturated carbocycles. The standard InChI is InChI=1S/C18H23N5O2S/c1-9(2)13-8-18(13,17(20)25)22-11-4-5-12(16(19)24)14(7-11)21-15-6-10(3)23-26-15/h4-7,9,13,21-22H,8H2,1-3H3,(H2,19,24)(H2,20,25)/t13-,18+/m1/s1. The molecule has 0 saturated heterocycles. The number of anilines is 3. The van der Waals surface area contributed by atoms with Gasteiger partial charge in [-0.3, -0.25) is 9.59 Å². The average Bonchev–Trinajstić information content (AvgIpc) is 3.16. The van der Waals surface area contributed by atoms with Crippen LogP contribution in [0.3, 0.4) is 0 Å². The lowest BCUT2D eigenvalue weighted by molar-refractivity contribution is -0.120. The number of nitrogens with zero attached hydrogens (tertiary/aromatic N) is 1. The normalized spacial score (nSPS) is 21.5. The van der Waals surface area contributed by atoms with Crippen LogP contribution < -0.4 is 22.1 Å². The van der Waals surface area contributed by atoms with Crippen LogP contribution in [-0.2, 0) is 4.79 Å². The molecular formula is C18H23N5O2S. The summed E-state index contributed by atoms with van der Waals surface area (Å²) in [5.41, 5.74) is 12.9. The molecule has 0 radical (unpaired) electrons. The second-order valence-corrected chi connectivity index (χ2v) is 7.90. The van der Waals surface area contributed by atoms with E-state index in [2.05, 4.69) is 28.9 Å². The Morgan fingerprint density at radius 2 is 2.04 bits per heavy atom. The molecule has 0 aliphatic heterocycles. The van der Waals surface area contributed by atoms with Crippen molar-refractivity contribution in [2.45, 2.75) is 32.7 Å². The summed E-state index contributed by atoms with van der Waals surface area (Å²) >= 11 is 1.30. The van der Waals surface area contributed by atoms with Crippen molar-refractivity contribution >= 4 is 39.7 Å². The summed E-state index contributed by atoms with van der Waals surface area (Å²) in [6, 6.07) is 7.04. The van der Waals surface area contributed by atoms with Crippen LogP contribution in [0.25, 0.3) is 0 Å². The summed E-state index contributed by atoms with van der Waals surface area (Å²) < 4.78 is 4.22. The molecule has 1 aliphatic carbocycles. The molecule has 26 heavy (non-hydrogen) atoms. The second-order valence-electron chi connectivity index (χ2n) is 7.10. The highest BCUT2D eigenvalue weighted by atomic mass is 32.1. The number of benzene rings is 1. The SMILES string of the molecule is Cc1cc(Nc2cc(N[C@@]3(C(N)=O)C[C@@H]3C(C)C)ccc2C(N)=O)sn1. The van der Waals surface area contributed by atoms with Crippen molar-refractivity contribution in [1.29, 1.82) is 0 Å². The lowest BCUT2D eigenvalue weighted by atomic mass is 10.0. The van der Waals surface area contributed by atoms with Crippen LogP contribution in [0.4, 0.5) is 16.4 Å². The van der Waals surface area contributed by atoms with Gasteiger partial charge >= 0.3 is 0 Å². The number of nitrogens with two attached hydrogens (primary N) is 2. The van der Waals surface area contributed by atoms with Crippen LogP contribution >= 0.6 is 11.5 Å². The summed E-state index contributed by atoms with van der Waals surface area (Å²) in [7, 11) is 0. The average molecular weight is 373 g/mol. The minimum Gasteiger partial charge on any atom is -0.371 e. The van der Waals surface area contributed by atoms with E-state index in [-0.39, 0.29) is 11.8 Å². The Morgan fingerprint density at radius 3 is 2.54 bits per heavy atom. The maximum absolute atomic E-state index is 12.0. The summed E-state index contributed by atoms with van der Waals surface area (Å²) in [4.78, 5) is 23.8. The fourth-order valence-corrected chi connectivity index (χ4v) is 4.01. The van der Waals surface area contributed by atoms with E-state index in [9.17, 15) is 9.59 Å². The number of rotatable bonds is 7. The molecular weight excluding hydrogens is 350 g/mol. The van der Waals surface area contributed by atoms with E-state index >= 15 is 0 Å². The Balaban J connectivity index is 1.90. The van der Waals surface area contributed by atoms with Gasteiger partial charge in [0.05, 0.1) is 16.9 Å². The number of hydrogen-bond donors (Lipinski definition) is 4. The number of hydrogen-bond acceptors (Lipinski definition) is 6. The molecule has 7 nitrogen and oxygen atoms in total.